The van der Waals surface area contributed by atoms with E-state index < -0.39 is 0 Å². The van der Waals surface area contributed by atoms with Crippen LogP contribution in [0, 0.1) is 17.7 Å². The van der Waals surface area contributed by atoms with Crippen molar-refractivity contribution in [1.82, 2.24) is 10.3 Å². The van der Waals surface area contributed by atoms with Crippen LogP contribution in [0.3, 0.4) is 0 Å². The third kappa shape index (κ3) is 4.99. The molecule has 1 aliphatic carbocycles. The van der Waals surface area contributed by atoms with Crippen LogP contribution in [0.4, 0.5) is 4.39 Å². The molecule has 0 bridgehead atoms. The van der Waals surface area contributed by atoms with E-state index in [1.54, 1.807) is 42.6 Å². The van der Waals surface area contributed by atoms with Crippen LogP contribution >= 0.6 is 11.6 Å². The molecule has 1 unspecified atom stereocenters. The highest BCUT2D eigenvalue weighted by Crippen LogP contribution is 2.40. The van der Waals surface area contributed by atoms with Gasteiger partial charge in [-0.25, -0.2) is 4.39 Å². The molecule has 2 aromatic carbocycles. The van der Waals surface area contributed by atoms with Gasteiger partial charge in [0.15, 0.2) is 5.78 Å². The number of pyridine rings is 1. The first-order valence-corrected chi connectivity index (χ1v) is 11.4. The molecule has 0 aliphatic heterocycles. The number of rotatable bonds is 6. The molecule has 6 heteroatoms. The van der Waals surface area contributed by atoms with Gasteiger partial charge in [-0.15, -0.1) is 0 Å². The average molecular weight is 453 g/mol. The Morgan fingerprint density at radius 3 is 2.53 bits per heavy atom. The van der Waals surface area contributed by atoms with E-state index in [0.29, 0.717) is 16.5 Å². The van der Waals surface area contributed by atoms with Crippen molar-refractivity contribution in [2.24, 2.45) is 11.8 Å². The largest absolute Gasteiger partial charge is 0.348 e. The molecule has 0 saturated heterocycles. The predicted molar refractivity (Wildman–Crippen MR) is 124 cm³/mol. The van der Waals surface area contributed by atoms with Crippen LogP contribution in [0.25, 0.3) is 10.9 Å². The number of Topliss-reactive ketones (excluding diaryl/α,β-unsaturated/α-hetero) is 1. The van der Waals surface area contributed by atoms with Crippen molar-refractivity contribution >= 4 is 34.2 Å². The number of halogens is 2. The van der Waals surface area contributed by atoms with E-state index in [4.69, 9.17) is 11.6 Å². The Morgan fingerprint density at radius 1 is 1.09 bits per heavy atom. The van der Waals surface area contributed by atoms with E-state index in [1.165, 1.54) is 6.07 Å². The van der Waals surface area contributed by atoms with Crippen molar-refractivity contribution in [2.45, 2.75) is 38.5 Å². The number of ketones is 1. The van der Waals surface area contributed by atoms with Gasteiger partial charge < -0.3 is 5.32 Å². The Hall–Kier alpha value is -2.79. The van der Waals surface area contributed by atoms with Crippen molar-refractivity contribution in [3.63, 3.8) is 0 Å². The van der Waals surface area contributed by atoms with E-state index in [-0.39, 0.29) is 35.9 Å². The van der Waals surface area contributed by atoms with Gasteiger partial charge >= 0.3 is 0 Å². The summed E-state index contributed by atoms with van der Waals surface area (Å²) in [4.78, 5) is 29.3. The Bertz CT molecular complexity index is 1120. The van der Waals surface area contributed by atoms with Gasteiger partial charge in [-0.05, 0) is 91.6 Å². The van der Waals surface area contributed by atoms with E-state index in [1.807, 2.05) is 13.0 Å². The second-order valence-corrected chi connectivity index (χ2v) is 9.05. The van der Waals surface area contributed by atoms with E-state index in [0.717, 1.165) is 42.1 Å². The Balaban J connectivity index is 1.33. The quantitative estimate of drug-likeness (QED) is 0.471. The predicted octanol–water partition coefficient (Wildman–Crippen LogP) is 5.94. The first-order chi connectivity index (χ1) is 15.4. The van der Waals surface area contributed by atoms with Gasteiger partial charge in [0.2, 0.25) is 5.91 Å². The number of carbonyl (C=O) groups is 2. The molecule has 1 amide bonds. The lowest BCUT2D eigenvalue weighted by molar-refractivity contribution is -0.126. The van der Waals surface area contributed by atoms with Crippen LogP contribution in [-0.2, 0) is 4.79 Å². The van der Waals surface area contributed by atoms with Gasteiger partial charge in [-0.1, -0.05) is 18.5 Å². The summed E-state index contributed by atoms with van der Waals surface area (Å²) in [6.45, 7) is 1.92. The molecule has 166 valence electrons. The number of aromatic nitrogens is 1. The molecule has 32 heavy (non-hydrogen) atoms. The fourth-order valence-corrected chi connectivity index (χ4v) is 4.83. The minimum absolute atomic E-state index is 0.0191. The van der Waals surface area contributed by atoms with Crippen LogP contribution in [0.1, 0.15) is 54.4 Å². The third-order valence-corrected chi connectivity index (χ3v) is 6.91. The van der Waals surface area contributed by atoms with Gasteiger partial charge in [0, 0.05) is 28.1 Å². The first-order valence-electron chi connectivity index (χ1n) is 11.0. The molecule has 1 N–H and O–H groups in total. The number of hydrogen-bond donors (Lipinski definition) is 1. The molecule has 1 saturated carbocycles. The van der Waals surface area contributed by atoms with Gasteiger partial charge in [0.25, 0.3) is 0 Å². The topological polar surface area (TPSA) is 59.1 Å². The lowest BCUT2D eigenvalue weighted by Gasteiger charge is -2.32. The Morgan fingerprint density at radius 2 is 1.81 bits per heavy atom. The number of nitrogens with one attached hydrogen (secondary N) is 1. The molecule has 1 aliphatic rings. The monoisotopic (exact) mass is 452 g/mol. The third-order valence-electron chi connectivity index (χ3n) is 6.66. The maximum absolute atomic E-state index is 13.8. The fourth-order valence-electron chi connectivity index (χ4n) is 4.71. The number of fused-ring (bicyclic) bond motifs is 1. The highest BCUT2D eigenvalue weighted by atomic mass is 35.5. The number of carbonyl (C=O) groups excluding carboxylic acids is 2. The van der Waals surface area contributed by atoms with Crippen molar-refractivity contribution in [1.29, 1.82) is 0 Å². The minimum Gasteiger partial charge on any atom is -0.348 e. The zero-order chi connectivity index (χ0) is 22.7. The van der Waals surface area contributed by atoms with E-state index in [9.17, 15) is 14.0 Å². The highest BCUT2D eigenvalue weighted by molar-refractivity contribution is 6.30. The molecule has 1 atom stereocenters. The number of benzene rings is 2. The molecular formula is C26H26ClFN2O2. The van der Waals surface area contributed by atoms with Crippen molar-refractivity contribution < 1.29 is 14.0 Å². The summed E-state index contributed by atoms with van der Waals surface area (Å²) >= 11 is 5.86. The smallest absolute Gasteiger partial charge is 0.223 e. The molecule has 4 rings (SSSR count). The molecule has 4 nitrogen and oxygen atoms in total. The minimum atomic E-state index is -0.251. The fraction of sp³-hybridized carbons (Fsp3) is 0.346. The van der Waals surface area contributed by atoms with Crippen LogP contribution < -0.4 is 5.32 Å². The van der Waals surface area contributed by atoms with Crippen molar-refractivity contribution in [3.05, 3.63) is 76.7 Å². The lowest BCUT2D eigenvalue weighted by Crippen LogP contribution is -2.37. The lowest BCUT2D eigenvalue weighted by atomic mass is 9.73. The van der Waals surface area contributed by atoms with Crippen LogP contribution in [-0.4, -0.2) is 23.2 Å². The zero-order valence-electron chi connectivity index (χ0n) is 18.0. The molecular weight excluding hydrogens is 427 g/mol. The summed E-state index contributed by atoms with van der Waals surface area (Å²) in [5.74, 6) is -0.0450. The average Bonchev–Trinajstić information content (AvgIpc) is 2.82. The molecule has 3 aromatic rings. The normalized spacial score (nSPS) is 19.5. The van der Waals surface area contributed by atoms with Crippen LogP contribution in [0.15, 0.2) is 54.7 Å². The Labute approximate surface area is 192 Å². The van der Waals surface area contributed by atoms with E-state index >= 15 is 0 Å². The molecule has 0 spiro atoms. The summed E-state index contributed by atoms with van der Waals surface area (Å²) in [6, 6.07) is 13.4. The maximum atomic E-state index is 13.8. The summed E-state index contributed by atoms with van der Waals surface area (Å²) in [5.41, 5.74) is 2.48. The summed E-state index contributed by atoms with van der Waals surface area (Å²) in [5, 5.41) is 4.24. The zero-order valence-corrected chi connectivity index (χ0v) is 18.7. The van der Waals surface area contributed by atoms with Crippen molar-refractivity contribution in [3.8, 4) is 0 Å². The second kappa shape index (κ2) is 9.78. The molecule has 0 radical (unpaired) electrons. The van der Waals surface area contributed by atoms with Gasteiger partial charge in [0.1, 0.15) is 5.82 Å². The first kappa shape index (κ1) is 22.4. The summed E-state index contributed by atoms with van der Waals surface area (Å²) in [7, 11) is 0. The molecule has 1 fully saturated rings. The second-order valence-electron chi connectivity index (χ2n) is 8.61. The number of nitrogens with zero attached hydrogens (tertiary/aromatic N) is 1. The van der Waals surface area contributed by atoms with Gasteiger partial charge in [0.05, 0.1) is 12.1 Å². The van der Waals surface area contributed by atoms with E-state index in [2.05, 4.69) is 10.3 Å². The van der Waals surface area contributed by atoms with Crippen LogP contribution in [0.5, 0.6) is 0 Å². The Kier molecular flexibility index (Phi) is 6.85. The molecule has 1 heterocycles. The SMILES string of the molecule is CC(C(=O)NCC(=O)c1ccc(Cl)cc1)C1CCC(c2ccnc3ccc(F)cc23)CC1. The molecule has 1 aromatic heterocycles. The van der Waals surface area contributed by atoms with Crippen LogP contribution in [0.2, 0.25) is 5.02 Å². The highest BCUT2D eigenvalue weighted by Gasteiger charge is 2.30. The van der Waals surface area contributed by atoms with Gasteiger partial charge in [-0.3, -0.25) is 14.6 Å². The van der Waals surface area contributed by atoms with Crippen molar-refractivity contribution in [2.75, 3.05) is 6.54 Å². The van der Waals surface area contributed by atoms with Gasteiger partial charge in [-0.2, -0.15) is 0 Å². The number of hydrogen-bond acceptors (Lipinski definition) is 3. The maximum Gasteiger partial charge on any atom is 0.223 e. The summed E-state index contributed by atoms with van der Waals surface area (Å²) < 4.78 is 13.8. The number of amides is 1. The summed E-state index contributed by atoms with van der Waals surface area (Å²) in [6.07, 6.45) is 5.52. The standard InChI is InChI=1S/C26H26ClFN2O2/c1-16(26(32)30-15-25(31)19-6-8-20(27)9-7-19)17-2-4-18(5-3-17)22-12-13-29-24-11-10-21(28)14-23(22)24/h6-14,16-18H,2-5,15H2,1H3,(H,30,32).